The molecular formula is C8H13F2NO. The third-order valence-electron chi connectivity index (χ3n) is 2.42. The predicted molar refractivity (Wildman–Crippen MR) is 41.2 cm³/mol. The lowest BCUT2D eigenvalue weighted by molar-refractivity contribution is -0.140. The van der Waals surface area contributed by atoms with Crippen LogP contribution in [0.25, 0.3) is 0 Å². The van der Waals surface area contributed by atoms with Crippen molar-refractivity contribution in [3.8, 4) is 0 Å². The molecule has 0 unspecified atom stereocenters. The summed E-state index contributed by atoms with van der Waals surface area (Å²) >= 11 is 0. The highest BCUT2D eigenvalue weighted by molar-refractivity contribution is 5.60. The van der Waals surface area contributed by atoms with Gasteiger partial charge >= 0.3 is 5.92 Å². The standard InChI is InChI=1S/C8H13F2NO/c1-11-4-2-7(3-5-11)8(9,10)6-12/h6-7H,2-5H2,1H3. The summed E-state index contributed by atoms with van der Waals surface area (Å²) in [7, 11) is 1.90. The molecule has 1 saturated heterocycles. The monoisotopic (exact) mass is 177 g/mol. The first-order valence-electron chi connectivity index (χ1n) is 4.09. The number of nitrogens with zero attached hydrogens (tertiary/aromatic N) is 1. The Kier molecular flexibility index (Phi) is 2.77. The van der Waals surface area contributed by atoms with Crippen LogP contribution in [0.1, 0.15) is 12.8 Å². The molecule has 0 aromatic carbocycles. The van der Waals surface area contributed by atoms with E-state index in [2.05, 4.69) is 0 Å². The van der Waals surface area contributed by atoms with Crippen molar-refractivity contribution in [2.45, 2.75) is 18.8 Å². The maximum Gasteiger partial charge on any atom is 0.305 e. The molecule has 0 atom stereocenters. The zero-order chi connectivity index (χ0) is 9.19. The Balaban J connectivity index is 2.49. The van der Waals surface area contributed by atoms with Crippen LogP contribution >= 0.6 is 0 Å². The van der Waals surface area contributed by atoms with Crippen molar-refractivity contribution in [2.75, 3.05) is 20.1 Å². The van der Waals surface area contributed by atoms with Gasteiger partial charge in [-0.2, -0.15) is 8.78 Å². The first kappa shape index (κ1) is 9.58. The van der Waals surface area contributed by atoms with Crippen molar-refractivity contribution in [1.29, 1.82) is 0 Å². The fourth-order valence-electron chi connectivity index (χ4n) is 1.49. The van der Waals surface area contributed by atoms with E-state index in [4.69, 9.17) is 0 Å². The molecule has 0 aliphatic carbocycles. The predicted octanol–water partition coefficient (Wildman–Crippen LogP) is 1.16. The van der Waals surface area contributed by atoms with Crippen LogP contribution in [0.5, 0.6) is 0 Å². The number of likely N-dealkylation sites (tertiary alicyclic amines) is 1. The summed E-state index contributed by atoms with van der Waals surface area (Å²) in [5, 5.41) is 0. The smallest absolute Gasteiger partial charge is 0.305 e. The lowest BCUT2D eigenvalue weighted by Gasteiger charge is -2.31. The summed E-state index contributed by atoms with van der Waals surface area (Å²) < 4.78 is 25.6. The summed E-state index contributed by atoms with van der Waals surface area (Å²) in [5.74, 6) is -3.85. The summed E-state index contributed by atoms with van der Waals surface area (Å²) in [4.78, 5) is 12.0. The maximum atomic E-state index is 12.8. The second kappa shape index (κ2) is 3.47. The van der Waals surface area contributed by atoms with Crippen LogP contribution < -0.4 is 0 Å². The molecule has 4 heteroatoms. The van der Waals surface area contributed by atoms with Gasteiger partial charge in [-0.25, -0.2) is 0 Å². The Morgan fingerprint density at radius 1 is 1.42 bits per heavy atom. The van der Waals surface area contributed by atoms with Gasteiger partial charge < -0.3 is 4.90 Å². The van der Waals surface area contributed by atoms with E-state index in [0.717, 1.165) is 0 Å². The summed E-state index contributed by atoms with van der Waals surface area (Å²) in [6.45, 7) is 1.32. The molecule has 0 bridgehead atoms. The van der Waals surface area contributed by atoms with Gasteiger partial charge in [-0.15, -0.1) is 0 Å². The van der Waals surface area contributed by atoms with E-state index in [0.29, 0.717) is 25.9 Å². The van der Waals surface area contributed by atoms with E-state index in [1.165, 1.54) is 0 Å². The van der Waals surface area contributed by atoms with Crippen molar-refractivity contribution >= 4 is 6.29 Å². The Morgan fingerprint density at radius 2 is 1.92 bits per heavy atom. The number of piperidine rings is 1. The van der Waals surface area contributed by atoms with Gasteiger partial charge in [0.15, 0.2) is 6.29 Å². The van der Waals surface area contributed by atoms with E-state index in [9.17, 15) is 13.6 Å². The Bertz CT molecular complexity index is 164. The minimum absolute atomic E-state index is 0.219. The fraction of sp³-hybridized carbons (Fsp3) is 0.875. The van der Waals surface area contributed by atoms with Crippen molar-refractivity contribution in [3.05, 3.63) is 0 Å². The number of halogens is 2. The van der Waals surface area contributed by atoms with Crippen molar-refractivity contribution in [3.63, 3.8) is 0 Å². The fourth-order valence-corrected chi connectivity index (χ4v) is 1.49. The van der Waals surface area contributed by atoms with Gasteiger partial charge in [0.1, 0.15) is 0 Å². The third kappa shape index (κ3) is 2.00. The average molecular weight is 177 g/mol. The van der Waals surface area contributed by atoms with Gasteiger partial charge in [0, 0.05) is 5.92 Å². The number of carbonyl (C=O) groups is 1. The van der Waals surface area contributed by atoms with E-state index in [1.54, 1.807) is 0 Å². The van der Waals surface area contributed by atoms with Crippen LogP contribution in [0.2, 0.25) is 0 Å². The van der Waals surface area contributed by atoms with E-state index in [-0.39, 0.29) is 6.29 Å². The van der Waals surface area contributed by atoms with Crippen molar-refractivity contribution in [1.82, 2.24) is 4.90 Å². The molecule has 0 amide bonds. The molecule has 0 spiro atoms. The van der Waals surface area contributed by atoms with Gasteiger partial charge in [-0.1, -0.05) is 0 Å². The molecule has 1 fully saturated rings. The van der Waals surface area contributed by atoms with Gasteiger partial charge in [-0.3, -0.25) is 4.79 Å². The van der Waals surface area contributed by atoms with E-state index >= 15 is 0 Å². The highest BCUT2D eigenvalue weighted by Crippen LogP contribution is 2.30. The summed E-state index contributed by atoms with van der Waals surface area (Å²) in [5.41, 5.74) is 0. The zero-order valence-electron chi connectivity index (χ0n) is 7.09. The summed E-state index contributed by atoms with van der Waals surface area (Å²) in [6, 6.07) is 0. The number of rotatable bonds is 2. The second-order valence-corrected chi connectivity index (χ2v) is 3.37. The highest BCUT2D eigenvalue weighted by Gasteiger charge is 2.40. The molecule has 1 rings (SSSR count). The molecular weight excluding hydrogens is 164 g/mol. The molecule has 0 N–H and O–H groups in total. The number of carbonyl (C=O) groups excluding carboxylic acids is 1. The lowest BCUT2D eigenvalue weighted by Crippen LogP contribution is -2.39. The molecule has 1 aliphatic rings. The first-order valence-corrected chi connectivity index (χ1v) is 4.09. The topological polar surface area (TPSA) is 20.3 Å². The van der Waals surface area contributed by atoms with Crippen LogP contribution in [0.3, 0.4) is 0 Å². The average Bonchev–Trinajstić information content (AvgIpc) is 2.05. The van der Waals surface area contributed by atoms with Crippen LogP contribution in [-0.2, 0) is 4.79 Å². The number of hydrogen-bond acceptors (Lipinski definition) is 2. The second-order valence-electron chi connectivity index (χ2n) is 3.37. The van der Waals surface area contributed by atoms with Crippen LogP contribution in [0.15, 0.2) is 0 Å². The molecule has 12 heavy (non-hydrogen) atoms. The molecule has 0 aromatic heterocycles. The molecule has 2 nitrogen and oxygen atoms in total. The molecule has 0 aromatic rings. The minimum Gasteiger partial charge on any atom is -0.306 e. The molecule has 1 heterocycles. The normalized spacial score (nSPS) is 22.6. The Morgan fingerprint density at radius 3 is 2.33 bits per heavy atom. The van der Waals surface area contributed by atoms with Crippen molar-refractivity contribution in [2.24, 2.45) is 5.92 Å². The molecule has 1 aliphatic heterocycles. The molecule has 0 radical (unpaired) electrons. The quantitative estimate of drug-likeness (QED) is 0.590. The lowest BCUT2D eigenvalue weighted by atomic mass is 9.91. The SMILES string of the molecule is CN1CCC(C(F)(F)C=O)CC1. The first-order chi connectivity index (χ1) is 5.56. The molecule has 0 saturated carbocycles. The third-order valence-corrected chi connectivity index (χ3v) is 2.42. The van der Waals surface area contributed by atoms with E-state index < -0.39 is 11.8 Å². The number of alkyl halides is 2. The number of aldehydes is 1. The highest BCUT2D eigenvalue weighted by atomic mass is 19.3. The van der Waals surface area contributed by atoms with Crippen LogP contribution in [-0.4, -0.2) is 37.2 Å². The van der Waals surface area contributed by atoms with Gasteiger partial charge in [0.2, 0.25) is 0 Å². The zero-order valence-corrected chi connectivity index (χ0v) is 7.09. The van der Waals surface area contributed by atoms with Gasteiger partial charge in [-0.05, 0) is 33.0 Å². The largest absolute Gasteiger partial charge is 0.306 e. The van der Waals surface area contributed by atoms with E-state index in [1.807, 2.05) is 11.9 Å². The minimum atomic E-state index is -3.11. The maximum absolute atomic E-state index is 12.8. The molecule has 70 valence electrons. The van der Waals surface area contributed by atoms with Crippen LogP contribution in [0, 0.1) is 5.92 Å². The van der Waals surface area contributed by atoms with Crippen molar-refractivity contribution < 1.29 is 13.6 Å². The Hall–Kier alpha value is -0.510. The number of hydrogen-bond donors (Lipinski definition) is 0. The van der Waals surface area contributed by atoms with Crippen LogP contribution in [0.4, 0.5) is 8.78 Å². The van der Waals surface area contributed by atoms with Gasteiger partial charge in [0.05, 0.1) is 0 Å². The van der Waals surface area contributed by atoms with Gasteiger partial charge in [0.25, 0.3) is 0 Å². The Labute approximate surface area is 70.5 Å². The summed E-state index contributed by atoms with van der Waals surface area (Å²) in [6.07, 6.45) is 0.619.